The number of amides is 1. The zero-order chi connectivity index (χ0) is 12.1. The van der Waals surface area contributed by atoms with E-state index in [1.807, 2.05) is 44.2 Å². The molecule has 2 heteroatoms. The summed E-state index contributed by atoms with van der Waals surface area (Å²) in [5, 5.41) is 3.04. The molecule has 0 saturated carbocycles. The predicted octanol–water partition coefficient (Wildman–Crippen LogP) is 2.95. The minimum Gasteiger partial charge on any atom is -0.353 e. The average Bonchev–Trinajstić information content (AvgIpc) is 2.28. The lowest BCUT2D eigenvalue weighted by Gasteiger charge is -2.20. The van der Waals surface area contributed by atoms with Gasteiger partial charge in [-0.15, -0.1) is 0 Å². The van der Waals surface area contributed by atoms with Crippen molar-refractivity contribution in [3.05, 3.63) is 35.9 Å². The van der Waals surface area contributed by atoms with Gasteiger partial charge in [-0.2, -0.15) is 0 Å². The molecule has 0 bridgehead atoms. The first-order valence-electron chi connectivity index (χ1n) is 5.87. The molecule has 0 aromatic heterocycles. The maximum absolute atomic E-state index is 11.9. The molecular formula is C14H21NO. The fourth-order valence-electron chi connectivity index (χ4n) is 1.41. The van der Waals surface area contributed by atoms with Crippen LogP contribution in [-0.4, -0.2) is 11.9 Å². The minimum absolute atomic E-state index is 0.0811. The largest absolute Gasteiger partial charge is 0.353 e. The quantitative estimate of drug-likeness (QED) is 0.828. The second-order valence-corrected chi connectivity index (χ2v) is 4.67. The van der Waals surface area contributed by atoms with E-state index in [-0.39, 0.29) is 17.9 Å². The lowest BCUT2D eigenvalue weighted by Crippen LogP contribution is -2.38. The monoisotopic (exact) mass is 219 g/mol. The van der Waals surface area contributed by atoms with Gasteiger partial charge in [-0.05, 0) is 25.3 Å². The number of hydrogen-bond donors (Lipinski definition) is 1. The third kappa shape index (κ3) is 3.37. The third-order valence-corrected chi connectivity index (χ3v) is 3.06. The van der Waals surface area contributed by atoms with Gasteiger partial charge >= 0.3 is 0 Å². The summed E-state index contributed by atoms with van der Waals surface area (Å²) >= 11 is 0. The molecule has 2 nitrogen and oxygen atoms in total. The van der Waals surface area contributed by atoms with Crippen molar-refractivity contribution in [1.82, 2.24) is 5.32 Å². The molecule has 2 atom stereocenters. The molecule has 88 valence electrons. The summed E-state index contributed by atoms with van der Waals surface area (Å²) in [5.74, 6) is 0.488. The van der Waals surface area contributed by atoms with Crippen molar-refractivity contribution in [2.45, 2.75) is 39.7 Å². The minimum atomic E-state index is -0.0811. The first kappa shape index (κ1) is 12.8. The molecule has 0 fully saturated rings. The van der Waals surface area contributed by atoms with E-state index in [0.29, 0.717) is 5.92 Å². The summed E-state index contributed by atoms with van der Waals surface area (Å²) in [5.41, 5.74) is 1.07. The van der Waals surface area contributed by atoms with Gasteiger partial charge in [-0.3, -0.25) is 4.79 Å². The Kier molecular flexibility index (Phi) is 4.53. The lowest BCUT2D eigenvalue weighted by molar-refractivity contribution is -0.123. The summed E-state index contributed by atoms with van der Waals surface area (Å²) < 4.78 is 0. The van der Waals surface area contributed by atoms with Crippen molar-refractivity contribution >= 4 is 5.91 Å². The zero-order valence-electron chi connectivity index (χ0n) is 10.5. The van der Waals surface area contributed by atoms with Crippen molar-refractivity contribution in [2.24, 2.45) is 5.92 Å². The molecule has 0 aliphatic heterocycles. The van der Waals surface area contributed by atoms with Gasteiger partial charge in [0.05, 0.1) is 5.92 Å². The molecule has 1 aromatic rings. The number of carbonyl (C=O) groups is 1. The van der Waals surface area contributed by atoms with E-state index >= 15 is 0 Å². The molecular weight excluding hydrogens is 198 g/mol. The SMILES string of the molecule is CC(C)C(C)NC(=O)[C@@H](C)c1ccccc1. The molecule has 16 heavy (non-hydrogen) atoms. The van der Waals surface area contributed by atoms with Crippen LogP contribution in [0.25, 0.3) is 0 Å². The van der Waals surface area contributed by atoms with Crippen LogP contribution in [-0.2, 0) is 4.79 Å². The number of hydrogen-bond acceptors (Lipinski definition) is 1. The molecule has 0 aliphatic rings. The summed E-state index contributed by atoms with van der Waals surface area (Å²) in [4.78, 5) is 11.9. The highest BCUT2D eigenvalue weighted by molar-refractivity contribution is 5.83. The summed E-state index contributed by atoms with van der Waals surface area (Å²) in [7, 11) is 0. The van der Waals surface area contributed by atoms with Crippen LogP contribution in [0.2, 0.25) is 0 Å². The van der Waals surface area contributed by atoms with E-state index in [0.717, 1.165) is 5.56 Å². The first-order valence-corrected chi connectivity index (χ1v) is 5.87. The fourth-order valence-corrected chi connectivity index (χ4v) is 1.41. The van der Waals surface area contributed by atoms with Crippen LogP contribution in [0.1, 0.15) is 39.2 Å². The van der Waals surface area contributed by atoms with Gasteiger partial charge in [0, 0.05) is 6.04 Å². The average molecular weight is 219 g/mol. The van der Waals surface area contributed by atoms with Crippen molar-refractivity contribution in [3.8, 4) is 0 Å². The van der Waals surface area contributed by atoms with Crippen LogP contribution in [0.15, 0.2) is 30.3 Å². The van der Waals surface area contributed by atoms with Crippen molar-refractivity contribution in [1.29, 1.82) is 0 Å². The van der Waals surface area contributed by atoms with Crippen molar-refractivity contribution < 1.29 is 4.79 Å². The van der Waals surface area contributed by atoms with Crippen molar-refractivity contribution in [2.75, 3.05) is 0 Å². The van der Waals surface area contributed by atoms with E-state index < -0.39 is 0 Å². The van der Waals surface area contributed by atoms with Crippen LogP contribution < -0.4 is 5.32 Å². The highest BCUT2D eigenvalue weighted by atomic mass is 16.1. The van der Waals surface area contributed by atoms with Gasteiger partial charge in [-0.1, -0.05) is 44.2 Å². The van der Waals surface area contributed by atoms with E-state index in [1.54, 1.807) is 0 Å². The first-order chi connectivity index (χ1) is 7.52. The Morgan fingerprint density at radius 2 is 1.62 bits per heavy atom. The number of carbonyl (C=O) groups excluding carboxylic acids is 1. The molecule has 1 amide bonds. The van der Waals surface area contributed by atoms with E-state index in [2.05, 4.69) is 19.2 Å². The summed E-state index contributed by atoms with van der Waals surface area (Å²) in [6, 6.07) is 10.1. The van der Waals surface area contributed by atoms with Gasteiger partial charge in [-0.25, -0.2) is 0 Å². The van der Waals surface area contributed by atoms with Gasteiger partial charge in [0.2, 0.25) is 5.91 Å². The summed E-state index contributed by atoms with van der Waals surface area (Å²) in [6.07, 6.45) is 0. The van der Waals surface area contributed by atoms with Crippen LogP contribution in [0.4, 0.5) is 0 Å². The molecule has 1 N–H and O–H groups in total. The molecule has 1 unspecified atom stereocenters. The third-order valence-electron chi connectivity index (χ3n) is 3.06. The molecule has 0 saturated heterocycles. The van der Waals surface area contributed by atoms with Gasteiger partial charge < -0.3 is 5.32 Å². The standard InChI is InChI=1S/C14H21NO/c1-10(2)12(4)15-14(16)11(3)13-8-6-5-7-9-13/h5-12H,1-4H3,(H,15,16)/t11-,12?/m0/s1. The van der Waals surface area contributed by atoms with Crippen molar-refractivity contribution in [3.63, 3.8) is 0 Å². The van der Waals surface area contributed by atoms with Crippen LogP contribution in [0, 0.1) is 5.92 Å². The topological polar surface area (TPSA) is 29.1 Å². The normalized spacial score (nSPS) is 14.6. The molecule has 0 aliphatic carbocycles. The zero-order valence-corrected chi connectivity index (χ0v) is 10.5. The van der Waals surface area contributed by atoms with Gasteiger partial charge in [0.1, 0.15) is 0 Å². The Labute approximate surface area is 98.1 Å². The van der Waals surface area contributed by atoms with Gasteiger partial charge in [0.25, 0.3) is 0 Å². The Morgan fingerprint density at radius 3 is 2.12 bits per heavy atom. The molecule has 1 aromatic carbocycles. The Balaban J connectivity index is 2.62. The Morgan fingerprint density at radius 1 is 1.06 bits per heavy atom. The van der Waals surface area contributed by atoms with Crippen LogP contribution in [0.5, 0.6) is 0 Å². The van der Waals surface area contributed by atoms with Crippen LogP contribution >= 0.6 is 0 Å². The highest BCUT2D eigenvalue weighted by Crippen LogP contribution is 2.15. The Bertz CT molecular complexity index is 332. The smallest absolute Gasteiger partial charge is 0.227 e. The molecule has 1 rings (SSSR count). The van der Waals surface area contributed by atoms with E-state index in [4.69, 9.17) is 0 Å². The highest BCUT2D eigenvalue weighted by Gasteiger charge is 2.17. The molecule has 0 spiro atoms. The van der Waals surface area contributed by atoms with Gasteiger partial charge in [0.15, 0.2) is 0 Å². The maximum Gasteiger partial charge on any atom is 0.227 e. The van der Waals surface area contributed by atoms with Crippen LogP contribution in [0.3, 0.4) is 0 Å². The molecule has 0 radical (unpaired) electrons. The Hall–Kier alpha value is -1.31. The number of benzene rings is 1. The predicted molar refractivity (Wildman–Crippen MR) is 67.3 cm³/mol. The maximum atomic E-state index is 11.9. The number of rotatable bonds is 4. The lowest BCUT2D eigenvalue weighted by atomic mass is 9.99. The fraction of sp³-hybridized carbons (Fsp3) is 0.500. The van der Waals surface area contributed by atoms with E-state index in [9.17, 15) is 4.79 Å². The van der Waals surface area contributed by atoms with E-state index in [1.165, 1.54) is 0 Å². The molecule has 0 heterocycles. The summed E-state index contributed by atoms with van der Waals surface area (Å²) in [6.45, 7) is 8.20. The number of nitrogens with one attached hydrogen (secondary N) is 1. The second kappa shape index (κ2) is 5.69. The second-order valence-electron chi connectivity index (χ2n) is 4.67.